The van der Waals surface area contributed by atoms with Crippen molar-refractivity contribution in [2.24, 2.45) is 5.41 Å². The van der Waals surface area contributed by atoms with Crippen LogP contribution in [0.2, 0.25) is 0 Å². The van der Waals surface area contributed by atoms with Gasteiger partial charge in [0.05, 0.1) is 6.10 Å². The fourth-order valence-electron chi connectivity index (χ4n) is 4.39. The predicted molar refractivity (Wildman–Crippen MR) is 87.4 cm³/mol. The first-order chi connectivity index (χ1) is 10.3. The Morgan fingerprint density at radius 2 is 1.95 bits per heavy atom. The molecule has 2 fully saturated rings. The second-order valence-electron chi connectivity index (χ2n) is 6.83. The summed E-state index contributed by atoms with van der Waals surface area (Å²) in [6.45, 7) is 6.19. The lowest BCUT2D eigenvalue weighted by Gasteiger charge is -2.58. The molecule has 2 heteroatoms. The first-order valence-electron chi connectivity index (χ1n) is 8.66. The maximum Gasteiger partial charge on any atom is 0.0661 e. The Labute approximate surface area is 129 Å². The smallest absolute Gasteiger partial charge is 0.0661 e. The molecular formula is C19H29NO. The van der Waals surface area contributed by atoms with Gasteiger partial charge in [0, 0.05) is 24.6 Å². The molecule has 2 saturated carbocycles. The van der Waals surface area contributed by atoms with Crippen molar-refractivity contribution in [2.45, 2.75) is 71.1 Å². The number of benzene rings is 1. The van der Waals surface area contributed by atoms with Crippen LogP contribution in [0.15, 0.2) is 24.3 Å². The molecule has 0 saturated heterocycles. The molecule has 0 amide bonds. The van der Waals surface area contributed by atoms with Crippen LogP contribution in [-0.2, 0) is 11.3 Å². The fourth-order valence-corrected chi connectivity index (χ4v) is 4.39. The lowest BCUT2D eigenvalue weighted by atomic mass is 9.55. The van der Waals surface area contributed by atoms with Crippen molar-refractivity contribution >= 4 is 0 Å². The van der Waals surface area contributed by atoms with Crippen molar-refractivity contribution < 1.29 is 4.74 Å². The maximum atomic E-state index is 6.04. The van der Waals surface area contributed by atoms with E-state index in [-0.39, 0.29) is 0 Å². The number of hydrogen-bond acceptors (Lipinski definition) is 2. The van der Waals surface area contributed by atoms with Crippen LogP contribution in [0.5, 0.6) is 0 Å². The van der Waals surface area contributed by atoms with Crippen molar-refractivity contribution in [3.05, 3.63) is 35.4 Å². The Morgan fingerprint density at radius 1 is 1.19 bits per heavy atom. The lowest BCUT2D eigenvalue weighted by molar-refractivity contribution is -0.150. The van der Waals surface area contributed by atoms with Crippen molar-refractivity contribution in [2.75, 3.05) is 6.61 Å². The van der Waals surface area contributed by atoms with E-state index in [9.17, 15) is 0 Å². The molecule has 21 heavy (non-hydrogen) atoms. The topological polar surface area (TPSA) is 21.3 Å². The van der Waals surface area contributed by atoms with Crippen molar-refractivity contribution in [1.29, 1.82) is 0 Å². The van der Waals surface area contributed by atoms with Gasteiger partial charge in [-0.2, -0.15) is 0 Å². The summed E-state index contributed by atoms with van der Waals surface area (Å²) in [6, 6.07) is 9.36. The molecule has 116 valence electrons. The highest BCUT2D eigenvalue weighted by Crippen LogP contribution is 2.53. The lowest BCUT2D eigenvalue weighted by Crippen LogP contribution is -2.64. The van der Waals surface area contributed by atoms with E-state index in [1.54, 1.807) is 0 Å². The van der Waals surface area contributed by atoms with Crippen LogP contribution in [0, 0.1) is 12.3 Å². The highest BCUT2D eigenvalue weighted by molar-refractivity contribution is 5.25. The van der Waals surface area contributed by atoms with Crippen LogP contribution in [0.1, 0.15) is 56.6 Å². The minimum atomic E-state index is 0.428. The summed E-state index contributed by atoms with van der Waals surface area (Å²) in [7, 11) is 0. The zero-order chi connectivity index (χ0) is 14.7. The Kier molecular flexibility index (Phi) is 4.66. The molecule has 3 rings (SSSR count). The van der Waals surface area contributed by atoms with Crippen molar-refractivity contribution in [3.63, 3.8) is 0 Å². The summed E-state index contributed by atoms with van der Waals surface area (Å²) in [5.74, 6) is 0. The maximum absolute atomic E-state index is 6.04. The van der Waals surface area contributed by atoms with Gasteiger partial charge in [-0.25, -0.2) is 0 Å². The molecule has 2 unspecified atom stereocenters. The molecule has 0 aromatic heterocycles. The third-order valence-electron chi connectivity index (χ3n) is 5.74. The second kappa shape index (κ2) is 6.50. The van der Waals surface area contributed by atoms with Crippen LogP contribution in [0.25, 0.3) is 0 Å². The van der Waals surface area contributed by atoms with Crippen LogP contribution in [0.3, 0.4) is 0 Å². The Bertz CT molecular complexity index is 464. The van der Waals surface area contributed by atoms with E-state index in [2.05, 4.69) is 43.4 Å². The van der Waals surface area contributed by atoms with E-state index >= 15 is 0 Å². The molecular weight excluding hydrogens is 258 g/mol. The average Bonchev–Trinajstić information content (AvgIpc) is 2.52. The van der Waals surface area contributed by atoms with Gasteiger partial charge >= 0.3 is 0 Å². The standard InChI is InChI=1S/C19H29NO/c1-3-21-18-13-17(19(18)11-7-4-8-12-19)20-14-16-10-6-5-9-15(16)2/h5-6,9-10,17-18,20H,3-4,7-8,11-14H2,1-2H3. The van der Waals surface area contributed by atoms with Gasteiger partial charge in [0.1, 0.15) is 0 Å². The summed E-state index contributed by atoms with van der Waals surface area (Å²) in [6.07, 6.45) is 8.56. The molecule has 0 radical (unpaired) electrons. The summed E-state index contributed by atoms with van der Waals surface area (Å²) >= 11 is 0. The summed E-state index contributed by atoms with van der Waals surface area (Å²) in [5.41, 5.74) is 3.25. The molecule has 2 aliphatic carbocycles. The Balaban J connectivity index is 1.64. The molecule has 2 aliphatic rings. The number of hydrogen-bond donors (Lipinski definition) is 1. The van der Waals surface area contributed by atoms with Gasteiger partial charge in [-0.3, -0.25) is 0 Å². The summed E-state index contributed by atoms with van der Waals surface area (Å²) in [5, 5.41) is 3.85. The molecule has 0 aliphatic heterocycles. The molecule has 1 aromatic carbocycles. The molecule has 1 spiro atoms. The molecule has 0 bridgehead atoms. The van der Waals surface area contributed by atoms with Gasteiger partial charge in [-0.1, -0.05) is 43.5 Å². The van der Waals surface area contributed by atoms with Gasteiger partial charge in [0.25, 0.3) is 0 Å². The first kappa shape index (κ1) is 15.1. The van der Waals surface area contributed by atoms with Crippen LogP contribution in [-0.4, -0.2) is 18.8 Å². The fraction of sp³-hybridized carbons (Fsp3) is 0.684. The van der Waals surface area contributed by atoms with Gasteiger partial charge in [0.15, 0.2) is 0 Å². The molecule has 1 N–H and O–H groups in total. The minimum absolute atomic E-state index is 0.428. The monoisotopic (exact) mass is 287 g/mol. The first-order valence-corrected chi connectivity index (χ1v) is 8.66. The van der Waals surface area contributed by atoms with Gasteiger partial charge < -0.3 is 10.1 Å². The summed E-state index contributed by atoms with van der Waals surface area (Å²) < 4.78 is 6.04. The molecule has 0 heterocycles. The number of rotatable bonds is 5. The van der Waals surface area contributed by atoms with E-state index in [4.69, 9.17) is 4.74 Å². The largest absolute Gasteiger partial charge is 0.378 e. The van der Waals surface area contributed by atoms with Crippen molar-refractivity contribution in [3.8, 4) is 0 Å². The number of ether oxygens (including phenoxy) is 1. The zero-order valence-electron chi connectivity index (χ0n) is 13.5. The van der Waals surface area contributed by atoms with Gasteiger partial charge in [-0.15, -0.1) is 0 Å². The number of nitrogens with one attached hydrogen (secondary N) is 1. The van der Waals surface area contributed by atoms with Crippen molar-refractivity contribution in [1.82, 2.24) is 5.32 Å². The normalized spacial score (nSPS) is 27.5. The minimum Gasteiger partial charge on any atom is -0.378 e. The summed E-state index contributed by atoms with van der Waals surface area (Å²) in [4.78, 5) is 0. The molecule has 2 atom stereocenters. The zero-order valence-corrected chi connectivity index (χ0v) is 13.5. The van der Waals surface area contributed by atoms with Crippen LogP contribution < -0.4 is 5.32 Å². The number of aryl methyl sites for hydroxylation is 1. The molecule has 2 nitrogen and oxygen atoms in total. The quantitative estimate of drug-likeness (QED) is 0.876. The second-order valence-corrected chi connectivity index (χ2v) is 6.83. The van der Waals surface area contributed by atoms with E-state index in [1.807, 2.05) is 0 Å². The SMILES string of the molecule is CCOC1CC(NCc2ccccc2C)C12CCCCC2. The van der Waals surface area contributed by atoms with Crippen LogP contribution in [0.4, 0.5) is 0 Å². The highest BCUT2D eigenvalue weighted by atomic mass is 16.5. The third-order valence-corrected chi connectivity index (χ3v) is 5.74. The third kappa shape index (κ3) is 2.89. The Morgan fingerprint density at radius 3 is 2.67 bits per heavy atom. The van der Waals surface area contributed by atoms with E-state index in [1.165, 1.54) is 49.7 Å². The van der Waals surface area contributed by atoms with E-state index < -0.39 is 0 Å². The van der Waals surface area contributed by atoms with E-state index in [0.29, 0.717) is 17.6 Å². The van der Waals surface area contributed by atoms with E-state index in [0.717, 1.165) is 13.2 Å². The molecule has 1 aromatic rings. The van der Waals surface area contributed by atoms with Crippen LogP contribution >= 0.6 is 0 Å². The van der Waals surface area contributed by atoms with Gasteiger partial charge in [-0.05, 0) is 44.2 Å². The Hall–Kier alpha value is -0.860. The van der Waals surface area contributed by atoms with Gasteiger partial charge in [0.2, 0.25) is 0 Å². The average molecular weight is 287 g/mol. The highest BCUT2D eigenvalue weighted by Gasteiger charge is 2.55. The predicted octanol–water partition coefficient (Wildman–Crippen LogP) is 4.21.